The molecule has 160 valence electrons. The van der Waals surface area contributed by atoms with Crippen molar-refractivity contribution in [1.82, 2.24) is 29.5 Å². The fourth-order valence-electron chi connectivity index (χ4n) is 4.33. The van der Waals surface area contributed by atoms with Gasteiger partial charge < -0.3 is 9.80 Å². The van der Waals surface area contributed by atoms with Crippen LogP contribution in [0.1, 0.15) is 12.8 Å². The van der Waals surface area contributed by atoms with Crippen LogP contribution in [0.15, 0.2) is 41.5 Å². The number of piperazine rings is 1. The van der Waals surface area contributed by atoms with Gasteiger partial charge in [0, 0.05) is 63.3 Å². The Hall–Kier alpha value is -2.58. The highest BCUT2D eigenvalue weighted by atomic mass is 16.2. The van der Waals surface area contributed by atoms with Crippen molar-refractivity contribution in [3.8, 4) is 11.3 Å². The molecule has 2 aliphatic heterocycles. The first kappa shape index (κ1) is 20.7. The first-order chi connectivity index (χ1) is 14.6. The lowest BCUT2D eigenvalue weighted by Gasteiger charge is -2.38. The molecule has 1 atom stereocenters. The predicted molar refractivity (Wildman–Crippen MR) is 115 cm³/mol. The Bertz CT molecular complexity index is 907. The molecule has 2 fully saturated rings. The molecule has 8 heteroatoms. The van der Waals surface area contributed by atoms with Gasteiger partial charge >= 0.3 is 0 Å². The molecule has 1 amide bonds. The van der Waals surface area contributed by atoms with E-state index in [1.807, 2.05) is 17.0 Å². The highest BCUT2D eigenvalue weighted by Crippen LogP contribution is 2.19. The summed E-state index contributed by atoms with van der Waals surface area (Å²) in [6.45, 7) is 6.45. The highest BCUT2D eigenvalue weighted by Gasteiger charge is 2.29. The van der Waals surface area contributed by atoms with Gasteiger partial charge in [-0.1, -0.05) is 0 Å². The van der Waals surface area contributed by atoms with Crippen LogP contribution >= 0.6 is 0 Å². The zero-order valence-electron chi connectivity index (χ0n) is 17.6. The number of amides is 1. The molecule has 1 unspecified atom stereocenters. The Kier molecular flexibility index (Phi) is 6.54. The van der Waals surface area contributed by atoms with Gasteiger partial charge in [-0.15, -0.1) is 0 Å². The van der Waals surface area contributed by atoms with Crippen molar-refractivity contribution in [3.05, 3.63) is 47.0 Å². The van der Waals surface area contributed by atoms with Gasteiger partial charge in [-0.25, -0.2) is 4.68 Å². The molecule has 0 spiro atoms. The third-order valence-electron chi connectivity index (χ3n) is 6.11. The highest BCUT2D eigenvalue weighted by molar-refractivity contribution is 5.79. The molecule has 30 heavy (non-hydrogen) atoms. The van der Waals surface area contributed by atoms with Crippen molar-refractivity contribution in [2.24, 2.45) is 5.92 Å². The maximum atomic E-state index is 12.8. The molecule has 0 N–H and O–H groups in total. The van der Waals surface area contributed by atoms with Crippen LogP contribution in [-0.4, -0.2) is 88.2 Å². The summed E-state index contributed by atoms with van der Waals surface area (Å²) >= 11 is 0. The third kappa shape index (κ3) is 4.94. The molecular weight excluding hydrogens is 380 g/mol. The van der Waals surface area contributed by atoms with Crippen molar-refractivity contribution in [3.63, 3.8) is 0 Å². The Morgan fingerprint density at radius 1 is 1.10 bits per heavy atom. The summed E-state index contributed by atoms with van der Waals surface area (Å²) in [5.74, 6) is 0.455. The number of rotatable bonds is 5. The van der Waals surface area contributed by atoms with Crippen LogP contribution in [0.2, 0.25) is 0 Å². The third-order valence-corrected chi connectivity index (χ3v) is 6.11. The Balaban J connectivity index is 1.30. The van der Waals surface area contributed by atoms with E-state index in [0.717, 1.165) is 69.9 Å². The number of hydrogen-bond donors (Lipinski definition) is 0. The SMILES string of the molecule is CN1CCCC(C(=O)N2CCN(CCn3nc(-c4cccnc4)ccc3=O)CC2)C1. The number of aromatic nitrogens is 3. The fourth-order valence-corrected chi connectivity index (χ4v) is 4.33. The Morgan fingerprint density at radius 3 is 2.67 bits per heavy atom. The summed E-state index contributed by atoms with van der Waals surface area (Å²) in [5.41, 5.74) is 1.54. The first-order valence-electron chi connectivity index (χ1n) is 10.8. The molecule has 8 nitrogen and oxygen atoms in total. The van der Waals surface area contributed by atoms with Crippen molar-refractivity contribution >= 4 is 5.91 Å². The van der Waals surface area contributed by atoms with Crippen molar-refractivity contribution in [1.29, 1.82) is 0 Å². The van der Waals surface area contributed by atoms with Gasteiger partial charge in [0.25, 0.3) is 5.56 Å². The molecule has 0 bridgehead atoms. The molecule has 2 aliphatic rings. The smallest absolute Gasteiger partial charge is 0.266 e. The van der Waals surface area contributed by atoms with E-state index in [1.165, 1.54) is 4.68 Å². The lowest BCUT2D eigenvalue weighted by molar-refractivity contribution is -0.139. The minimum Gasteiger partial charge on any atom is -0.340 e. The normalized spacial score (nSPS) is 21.0. The summed E-state index contributed by atoms with van der Waals surface area (Å²) in [4.78, 5) is 35.8. The summed E-state index contributed by atoms with van der Waals surface area (Å²) < 4.78 is 1.53. The average molecular weight is 411 g/mol. The van der Waals surface area contributed by atoms with Gasteiger partial charge in [-0.05, 0) is 44.6 Å². The van der Waals surface area contributed by atoms with Crippen LogP contribution in [0.4, 0.5) is 0 Å². The van der Waals surface area contributed by atoms with Crippen LogP contribution < -0.4 is 5.56 Å². The van der Waals surface area contributed by atoms with Crippen LogP contribution in [0.5, 0.6) is 0 Å². The molecule has 4 heterocycles. The summed E-state index contributed by atoms with van der Waals surface area (Å²) in [5, 5.41) is 4.51. The molecule has 0 aromatic carbocycles. The van der Waals surface area contributed by atoms with E-state index in [9.17, 15) is 9.59 Å². The molecule has 0 saturated carbocycles. The lowest BCUT2D eigenvalue weighted by atomic mass is 9.96. The zero-order valence-corrected chi connectivity index (χ0v) is 17.6. The van der Waals surface area contributed by atoms with E-state index >= 15 is 0 Å². The number of nitrogens with zero attached hydrogens (tertiary/aromatic N) is 6. The lowest BCUT2D eigenvalue weighted by Crippen LogP contribution is -2.52. The Morgan fingerprint density at radius 2 is 1.93 bits per heavy atom. The maximum absolute atomic E-state index is 12.8. The van der Waals surface area contributed by atoms with E-state index < -0.39 is 0 Å². The second-order valence-corrected chi connectivity index (χ2v) is 8.29. The van der Waals surface area contributed by atoms with Crippen molar-refractivity contribution in [2.75, 3.05) is 52.9 Å². The molecule has 2 saturated heterocycles. The number of likely N-dealkylation sites (tertiary alicyclic amines) is 1. The molecular formula is C22H30N6O2. The number of carbonyl (C=O) groups excluding carboxylic acids is 1. The van der Waals surface area contributed by atoms with Gasteiger partial charge in [0.15, 0.2) is 0 Å². The standard InChI is InChI=1S/C22H30N6O2/c1-25-9-3-5-19(17-25)22(30)27-13-10-26(11-14-27)12-15-28-21(29)7-6-20(24-28)18-4-2-8-23-16-18/h2,4,6-8,16,19H,3,5,9-15,17H2,1H3. The molecule has 0 radical (unpaired) electrons. The topological polar surface area (TPSA) is 74.6 Å². The summed E-state index contributed by atoms with van der Waals surface area (Å²) in [7, 11) is 2.09. The number of carbonyl (C=O) groups is 1. The molecule has 4 rings (SSSR count). The van der Waals surface area contributed by atoms with E-state index in [0.29, 0.717) is 12.5 Å². The van der Waals surface area contributed by atoms with Crippen molar-refractivity contribution < 1.29 is 4.79 Å². The average Bonchev–Trinajstić information content (AvgIpc) is 2.79. The monoisotopic (exact) mass is 410 g/mol. The van der Waals surface area contributed by atoms with Crippen LogP contribution in [0.25, 0.3) is 11.3 Å². The maximum Gasteiger partial charge on any atom is 0.266 e. The fraction of sp³-hybridized carbons (Fsp3) is 0.545. The molecule has 2 aromatic rings. The van der Waals surface area contributed by atoms with Crippen LogP contribution in [0.3, 0.4) is 0 Å². The van der Waals surface area contributed by atoms with Gasteiger partial charge in [-0.3, -0.25) is 19.5 Å². The van der Waals surface area contributed by atoms with E-state index in [1.54, 1.807) is 24.5 Å². The quantitative estimate of drug-likeness (QED) is 0.726. The second kappa shape index (κ2) is 9.49. The number of piperidine rings is 1. The van der Waals surface area contributed by atoms with E-state index in [2.05, 4.69) is 26.9 Å². The van der Waals surface area contributed by atoms with E-state index in [4.69, 9.17) is 0 Å². The van der Waals surface area contributed by atoms with Crippen molar-refractivity contribution in [2.45, 2.75) is 19.4 Å². The number of hydrogen-bond acceptors (Lipinski definition) is 6. The minimum atomic E-state index is -0.0992. The summed E-state index contributed by atoms with van der Waals surface area (Å²) in [6.07, 6.45) is 5.58. The second-order valence-electron chi connectivity index (χ2n) is 8.29. The van der Waals surface area contributed by atoms with E-state index in [-0.39, 0.29) is 11.5 Å². The van der Waals surface area contributed by atoms with Gasteiger partial charge in [0.1, 0.15) is 0 Å². The Labute approximate surface area is 177 Å². The van der Waals surface area contributed by atoms with Gasteiger partial charge in [0.2, 0.25) is 5.91 Å². The summed E-state index contributed by atoms with van der Waals surface area (Å²) in [6, 6.07) is 7.10. The van der Waals surface area contributed by atoms with Crippen LogP contribution in [-0.2, 0) is 11.3 Å². The van der Waals surface area contributed by atoms with Gasteiger partial charge in [-0.2, -0.15) is 5.10 Å². The van der Waals surface area contributed by atoms with Gasteiger partial charge in [0.05, 0.1) is 18.2 Å². The predicted octanol–water partition coefficient (Wildman–Crippen LogP) is 0.791. The minimum absolute atomic E-state index is 0.0992. The largest absolute Gasteiger partial charge is 0.340 e. The van der Waals surface area contributed by atoms with Crippen LogP contribution in [0, 0.1) is 5.92 Å². The molecule has 2 aromatic heterocycles. The molecule has 0 aliphatic carbocycles. The first-order valence-corrected chi connectivity index (χ1v) is 10.8. The zero-order chi connectivity index (χ0) is 20.9. The number of pyridine rings is 1.